The van der Waals surface area contributed by atoms with Crippen LogP contribution in [0.3, 0.4) is 0 Å². The van der Waals surface area contributed by atoms with E-state index in [2.05, 4.69) is 0 Å². The molecule has 0 fully saturated rings. The monoisotopic (exact) mass is 245 g/mol. The SMILES string of the molecule is O=C(O)CC1=CCN(C(=O)c2ccccc2)CC1. The summed E-state index contributed by atoms with van der Waals surface area (Å²) >= 11 is 0. The lowest BCUT2D eigenvalue weighted by Gasteiger charge is -2.26. The molecule has 4 nitrogen and oxygen atoms in total. The fraction of sp³-hybridized carbons (Fsp3) is 0.286. The smallest absolute Gasteiger partial charge is 0.307 e. The maximum Gasteiger partial charge on any atom is 0.307 e. The molecule has 1 amide bonds. The summed E-state index contributed by atoms with van der Waals surface area (Å²) in [6, 6.07) is 9.13. The van der Waals surface area contributed by atoms with E-state index in [-0.39, 0.29) is 12.3 Å². The summed E-state index contributed by atoms with van der Waals surface area (Å²) in [4.78, 5) is 24.4. The van der Waals surface area contributed by atoms with Crippen molar-refractivity contribution in [3.05, 3.63) is 47.5 Å². The number of hydrogen-bond donors (Lipinski definition) is 1. The van der Waals surface area contributed by atoms with Crippen LogP contribution < -0.4 is 0 Å². The summed E-state index contributed by atoms with van der Waals surface area (Å²) < 4.78 is 0. The molecular formula is C14H15NO3. The zero-order valence-electron chi connectivity index (χ0n) is 10.0. The average molecular weight is 245 g/mol. The van der Waals surface area contributed by atoms with E-state index in [4.69, 9.17) is 5.11 Å². The van der Waals surface area contributed by atoms with Crippen LogP contribution in [0.15, 0.2) is 42.0 Å². The molecule has 0 unspecified atom stereocenters. The summed E-state index contributed by atoms with van der Waals surface area (Å²) in [5.41, 5.74) is 1.58. The Morgan fingerprint density at radius 3 is 2.50 bits per heavy atom. The van der Waals surface area contributed by atoms with Crippen molar-refractivity contribution >= 4 is 11.9 Å². The van der Waals surface area contributed by atoms with Crippen LogP contribution in [0, 0.1) is 0 Å². The summed E-state index contributed by atoms with van der Waals surface area (Å²) in [5, 5.41) is 8.70. The quantitative estimate of drug-likeness (QED) is 0.828. The highest BCUT2D eigenvalue weighted by Gasteiger charge is 2.19. The Morgan fingerprint density at radius 1 is 1.22 bits per heavy atom. The van der Waals surface area contributed by atoms with Crippen LogP contribution in [-0.2, 0) is 4.79 Å². The fourth-order valence-corrected chi connectivity index (χ4v) is 2.01. The van der Waals surface area contributed by atoms with Gasteiger partial charge in [0.05, 0.1) is 6.42 Å². The van der Waals surface area contributed by atoms with Crippen molar-refractivity contribution in [1.82, 2.24) is 4.90 Å². The molecule has 4 heteroatoms. The Kier molecular flexibility index (Phi) is 3.77. The van der Waals surface area contributed by atoms with Crippen LogP contribution >= 0.6 is 0 Å². The van der Waals surface area contributed by atoms with Gasteiger partial charge < -0.3 is 10.0 Å². The van der Waals surface area contributed by atoms with Gasteiger partial charge in [0.2, 0.25) is 0 Å². The largest absolute Gasteiger partial charge is 0.481 e. The lowest BCUT2D eigenvalue weighted by molar-refractivity contribution is -0.136. The molecular weight excluding hydrogens is 230 g/mol. The van der Waals surface area contributed by atoms with Gasteiger partial charge in [-0.15, -0.1) is 0 Å². The minimum absolute atomic E-state index is 0.00113. The van der Waals surface area contributed by atoms with E-state index in [0.717, 1.165) is 5.57 Å². The van der Waals surface area contributed by atoms with Gasteiger partial charge in [0.15, 0.2) is 0 Å². The number of rotatable bonds is 3. The van der Waals surface area contributed by atoms with Crippen molar-refractivity contribution < 1.29 is 14.7 Å². The zero-order valence-corrected chi connectivity index (χ0v) is 10.0. The molecule has 18 heavy (non-hydrogen) atoms. The predicted octanol–water partition coefficient (Wildman–Crippen LogP) is 1.93. The Morgan fingerprint density at radius 2 is 1.94 bits per heavy atom. The van der Waals surface area contributed by atoms with Gasteiger partial charge >= 0.3 is 5.97 Å². The van der Waals surface area contributed by atoms with Gasteiger partial charge in [-0.05, 0) is 18.6 Å². The number of carboxylic acids is 1. The second-order valence-electron chi connectivity index (χ2n) is 4.30. The van der Waals surface area contributed by atoms with Crippen LogP contribution in [-0.4, -0.2) is 35.0 Å². The molecule has 0 saturated heterocycles. The number of aliphatic carboxylic acids is 1. The summed E-state index contributed by atoms with van der Waals surface area (Å²) in [5.74, 6) is -0.815. The van der Waals surface area contributed by atoms with Crippen LogP contribution in [0.5, 0.6) is 0 Å². The second kappa shape index (κ2) is 5.49. The van der Waals surface area contributed by atoms with Crippen molar-refractivity contribution in [1.29, 1.82) is 0 Å². The van der Waals surface area contributed by atoms with Gasteiger partial charge in [-0.3, -0.25) is 9.59 Å². The first-order valence-electron chi connectivity index (χ1n) is 5.91. The summed E-state index contributed by atoms with van der Waals surface area (Å²) in [7, 11) is 0. The molecule has 1 aromatic rings. The minimum Gasteiger partial charge on any atom is -0.481 e. The Labute approximate surface area is 106 Å². The number of amides is 1. The second-order valence-corrected chi connectivity index (χ2v) is 4.30. The number of hydrogen-bond acceptors (Lipinski definition) is 2. The van der Waals surface area contributed by atoms with Crippen LogP contribution in [0.1, 0.15) is 23.2 Å². The van der Waals surface area contributed by atoms with E-state index in [1.807, 2.05) is 24.3 Å². The van der Waals surface area contributed by atoms with Crippen molar-refractivity contribution in [2.45, 2.75) is 12.8 Å². The van der Waals surface area contributed by atoms with E-state index in [0.29, 0.717) is 25.1 Å². The van der Waals surface area contributed by atoms with E-state index >= 15 is 0 Å². The molecule has 0 saturated carbocycles. The van der Waals surface area contributed by atoms with E-state index in [9.17, 15) is 9.59 Å². The van der Waals surface area contributed by atoms with Gasteiger partial charge in [0, 0.05) is 18.7 Å². The van der Waals surface area contributed by atoms with Gasteiger partial charge in [-0.25, -0.2) is 0 Å². The molecule has 0 aromatic heterocycles. The van der Waals surface area contributed by atoms with Gasteiger partial charge in [-0.2, -0.15) is 0 Å². The zero-order chi connectivity index (χ0) is 13.0. The first kappa shape index (κ1) is 12.4. The molecule has 1 aromatic carbocycles. The summed E-state index contributed by atoms with van der Waals surface area (Å²) in [6.45, 7) is 1.09. The highest BCUT2D eigenvalue weighted by Crippen LogP contribution is 2.16. The van der Waals surface area contributed by atoms with Crippen molar-refractivity contribution in [3.8, 4) is 0 Å². The number of carbonyl (C=O) groups is 2. The fourth-order valence-electron chi connectivity index (χ4n) is 2.01. The molecule has 0 spiro atoms. The molecule has 0 atom stereocenters. The molecule has 1 aliphatic rings. The number of nitrogens with zero attached hydrogens (tertiary/aromatic N) is 1. The van der Waals surface area contributed by atoms with Crippen molar-refractivity contribution in [3.63, 3.8) is 0 Å². The van der Waals surface area contributed by atoms with E-state index in [1.54, 1.807) is 17.0 Å². The van der Waals surface area contributed by atoms with Crippen LogP contribution in [0.25, 0.3) is 0 Å². The third-order valence-electron chi connectivity index (χ3n) is 2.99. The Balaban J connectivity index is 2.00. The maximum atomic E-state index is 12.1. The molecule has 1 N–H and O–H groups in total. The molecule has 0 bridgehead atoms. The van der Waals surface area contributed by atoms with Crippen LogP contribution in [0.4, 0.5) is 0 Å². The highest BCUT2D eigenvalue weighted by molar-refractivity contribution is 5.94. The summed E-state index contributed by atoms with van der Waals surface area (Å²) in [6.07, 6.45) is 2.57. The third kappa shape index (κ3) is 2.97. The molecule has 0 radical (unpaired) electrons. The molecule has 1 heterocycles. The van der Waals surface area contributed by atoms with Crippen LogP contribution in [0.2, 0.25) is 0 Å². The normalized spacial score (nSPS) is 15.1. The van der Waals surface area contributed by atoms with E-state index < -0.39 is 5.97 Å². The van der Waals surface area contributed by atoms with E-state index in [1.165, 1.54) is 0 Å². The molecule has 1 aliphatic heterocycles. The Bertz CT molecular complexity index is 479. The first-order chi connectivity index (χ1) is 8.66. The maximum absolute atomic E-state index is 12.1. The topological polar surface area (TPSA) is 57.6 Å². The van der Waals surface area contributed by atoms with Gasteiger partial charge in [0.1, 0.15) is 0 Å². The predicted molar refractivity (Wildman–Crippen MR) is 67.3 cm³/mol. The van der Waals surface area contributed by atoms with Crippen molar-refractivity contribution in [2.24, 2.45) is 0 Å². The minimum atomic E-state index is -0.816. The third-order valence-corrected chi connectivity index (χ3v) is 2.99. The number of carbonyl (C=O) groups excluding carboxylic acids is 1. The number of benzene rings is 1. The highest BCUT2D eigenvalue weighted by atomic mass is 16.4. The molecule has 2 rings (SSSR count). The van der Waals surface area contributed by atoms with Gasteiger partial charge in [0.25, 0.3) is 5.91 Å². The lowest BCUT2D eigenvalue weighted by atomic mass is 10.0. The van der Waals surface area contributed by atoms with Crippen molar-refractivity contribution in [2.75, 3.05) is 13.1 Å². The molecule has 0 aliphatic carbocycles. The Hall–Kier alpha value is -2.10. The lowest BCUT2D eigenvalue weighted by Crippen LogP contribution is -2.35. The first-order valence-corrected chi connectivity index (χ1v) is 5.91. The number of carboxylic acid groups (broad SMARTS) is 1. The average Bonchev–Trinajstić information content (AvgIpc) is 2.39. The van der Waals surface area contributed by atoms with Gasteiger partial charge in [-0.1, -0.05) is 29.8 Å². The standard InChI is InChI=1S/C14H15NO3/c16-13(17)10-11-6-8-15(9-7-11)14(18)12-4-2-1-3-5-12/h1-6H,7-10H2,(H,16,17). The molecule has 94 valence electrons.